The van der Waals surface area contributed by atoms with Crippen molar-refractivity contribution < 1.29 is 4.79 Å². The maximum atomic E-state index is 12.2. The van der Waals surface area contributed by atoms with E-state index < -0.39 is 0 Å². The summed E-state index contributed by atoms with van der Waals surface area (Å²) in [6.07, 6.45) is 1.65. The molecule has 0 bridgehead atoms. The van der Waals surface area contributed by atoms with Crippen molar-refractivity contribution in [3.63, 3.8) is 0 Å². The van der Waals surface area contributed by atoms with Crippen LogP contribution >= 0.6 is 27.3 Å². The summed E-state index contributed by atoms with van der Waals surface area (Å²) in [6.45, 7) is 0.587. The molecule has 0 saturated heterocycles. The molecule has 2 heterocycles. The number of halogens is 1. The average molecular weight is 403 g/mol. The molecule has 24 heavy (non-hydrogen) atoms. The minimum Gasteiger partial charge on any atom is -0.382 e. The fourth-order valence-corrected chi connectivity index (χ4v) is 3.43. The molecule has 0 fully saturated rings. The fraction of sp³-hybridized carbons (Fsp3) is 0.0588. The van der Waals surface area contributed by atoms with Gasteiger partial charge in [0.15, 0.2) is 0 Å². The summed E-state index contributed by atoms with van der Waals surface area (Å²) < 4.78 is 0.930. The smallest absolute Gasteiger partial charge is 0.265 e. The monoisotopic (exact) mass is 402 g/mol. The van der Waals surface area contributed by atoms with E-state index in [0.29, 0.717) is 17.2 Å². The fourth-order valence-electron chi connectivity index (χ4n) is 2.15. The minimum absolute atomic E-state index is 0.118. The van der Waals surface area contributed by atoms with Crippen molar-refractivity contribution in [3.05, 3.63) is 69.0 Å². The van der Waals surface area contributed by atoms with E-state index in [2.05, 4.69) is 31.5 Å². The van der Waals surface area contributed by atoms with E-state index in [1.165, 1.54) is 11.3 Å². The number of pyridine rings is 1. The molecule has 1 aromatic carbocycles. The van der Waals surface area contributed by atoms with E-state index in [9.17, 15) is 4.79 Å². The van der Waals surface area contributed by atoms with Crippen LogP contribution in [0.1, 0.15) is 15.2 Å². The molecule has 7 heteroatoms. The molecule has 0 spiro atoms. The average Bonchev–Trinajstić information content (AvgIpc) is 3.01. The molecule has 0 aliphatic carbocycles. The Labute approximate surface area is 152 Å². The lowest BCUT2D eigenvalue weighted by Gasteiger charge is -2.10. The van der Waals surface area contributed by atoms with Crippen LogP contribution in [0.2, 0.25) is 0 Å². The van der Waals surface area contributed by atoms with Gasteiger partial charge >= 0.3 is 0 Å². The molecule has 3 rings (SSSR count). The Balaban J connectivity index is 1.66. The molecule has 0 atom stereocenters. The SMILES string of the molecule is Nc1ncccc1NCc1cccc(NC(=O)c2ccc(Br)s2)c1. The number of benzene rings is 1. The second kappa shape index (κ2) is 7.46. The zero-order chi connectivity index (χ0) is 16.9. The van der Waals surface area contributed by atoms with Crippen molar-refractivity contribution in [2.75, 3.05) is 16.4 Å². The van der Waals surface area contributed by atoms with Crippen molar-refractivity contribution in [1.82, 2.24) is 4.98 Å². The van der Waals surface area contributed by atoms with Gasteiger partial charge in [0.1, 0.15) is 5.82 Å². The molecule has 2 aromatic heterocycles. The molecule has 4 N–H and O–H groups in total. The summed E-state index contributed by atoms with van der Waals surface area (Å²) in [5, 5.41) is 6.15. The normalized spacial score (nSPS) is 10.4. The Morgan fingerprint density at radius 1 is 1.21 bits per heavy atom. The van der Waals surface area contributed by atoms with Crippen molar-refractivity contribution in [1.29, 1.82) is 0 Å². The number of carbonyl (C=O) groups is 1. The van der Waals surface area contributed by atoms with E-state index in [1.807, 2.05) is 42.5 Å². The van der Waals surface area contributed by atoms with Gasteiger partial charge in [0.25, 0.3) is 5.91 Å². The van der Waals surface area contributed by atoms with Gasteiger partial charge in [-0.3, -0.25) is 4.79 Å². The molecule has 0 aliphatic heterocycles. The number of hydrogen-bond donors (Lipinski definition) is 3. The summed E-state index contributed by atoms with van der Waals surface area (Å²) in [4.78, 5) is 16.9. The summed E-state index contributed by atoms with van der Waals surface area (Å²) >= 11 is 4.76. The van der Waals surface area contributed by atoms with E-state index in [1.54, 1.807) is 12.3 Å². The lowest BCUT2D eigenvalue weighted by Crippen LogP contribution is -2.10. The van der Waals surface area contributed by atoms with Gasteiger partial charge in [-0.25, -0.2) is 4.98 Å². The van der Waals surface area contributed by atoms with Gasteiger partial charge in [-0.05, 0) is 57.9 Å². The van der Waals surface area contributed by atoms with E-state index in [0.717, 1.165) is 20.7 Å². The number of nitrogens with two attached hydrogens (primary N) is 1. The van der Waals surface area contributed by atoms with Crippen LogP contribution < -0.4 is 16.4 Å². The van der Waals surface area contributed by atoms with Crippen LogP contribution in [-0.4, -0.2) is 10.9 Å². The zero-order valence-electron chi connectivity index (χ0n) is 12.6. The highest BCUT2D eigenvalue weighted by atomic mass is 79.9. The number of amides is 1. The molecule has 0 unspecified atom stereocenters. The number of nitrogens with one attached hydrogen (secondary N) is 2. The Kier molecular flexibility index (Phi) is 5.12. The molecule has 1 amide bonds. The summed E-state index contributed by atoms with van der Waals surface area (Å²) in [7, 11) is 0. The topological polar surface area (TPSA) is 80.0 Å². The van der Waals surface area contributed by atoms with Crippen LogP contribution in [0.4, 0.5) is 17.2 Å². The molecule has 122 valence electrons. The Hall–Kier alpha value is -2.38. The molecule has 5 nitrogen and oxygen atoms in total. The van der Waals surface area contributed by atoms with Crippen molar-refractivity contribution in [3.8, 4) is 0 Å². The van der Waals surface area contributed by atoms with Crippen molar-refractivity contribution in [2.24, 2.45) is 0 Å². The molecule has 3 aromatic rings. The first-order valence-electron chi connectivity index (χ1n) is 7.22. The highest BCUT2D eigenvalue weighted by molar-refractivity contribution is 9.11. The second-order valence-corrected chi connectivity index (χ2v) is 7.51. The predicted octanol–water partition coefficient (Wildman–Crippen LogP) is 4.35. The number of hydrogen-bond acceptors (Lipinski definition) is 5. The van der Waals surface area contributed by atoms with Crippen LogP contribution in [0.25, 0.3) is 0 Å². The first kappa shape index (κ1) is 16.5. The quantitative estimate of drug-likeness (QED) is 0.592. The first-order valence-corrected chi connectivity index (χ1v) is 8.83. The van der Waals surface area contributed by atoms with Crippen LogP contribution in [0.15, 0.2) is 58.5 Å². The minimum atomic E-state index is -0.118. The number of anilines is 3. The Bertz CT molecular complexity index is 865. The molecule has 0 aliphatic rings. The Morgan fingerprint density at radius 2 is 2.08 bits per heavy atom. The number of thiophene rings is 1. The zero-order valence-corrected chi connectivity index (χ0v) is 15.0. The maximum Gasteiger partial charge on any atom is 0.265 e. The van der Waals surface area contributed by atoms with Crippen LogP contribution in [0.3, 0.4) is 0 Å². The summed E-state index contributed by atoms with van der Waals surface area (Å²) in [5.41, 5.74) is 8.38. The number of nitrogen functional groups attached to an aromatic ring is 1. The largest absolute Gasteiger partial charge is 0.382 e. The third kappa shape index (κ3) is 4.12. The van der Waals surface area contributed by atoms with Gasteiger partial charge in [-0.1, -0.05) is 12.1 Å². The molecular weight excluding hydrogens is 388 g/mol. The van der Waals surface area contributed by atoms with Gasteiger partial charge in [-0.15, -0.1) is 11.3 Å². The van der Waals surface area contributed by atoms with Gasteiger partial charge in [0, 0.05) is 18.4 Å². The van der Waals surface area contributed by atoms with E-state index in [-0.39, 0.29) is 5.91 Å². The summed E-state index contributed by atoms with van der Waals surface area (Å²) in [6, 6.07) is 15.0. The molecule has 0 saturated carbocycles. The lowest BCUT2D eigenvalue weighted by atomic mass is 10.2. The van der Waals surface area contributed by atoms with Gasteiger partial charge in [0.2, 0.25) is 0 Å². The Morgan fingerprint density at radius 3 is 2.83 bits per heavy atom. The number of carbonyl (C=O) groups excluding carboxylic acids is 1. The van der Waals surface area contributed by atoms with E-state index in [4.69, 9.17) is 5.73 Å². The molecule has 0 radical (unpaired) electrons. The van der Waals surface area contributed by atoms with Crippen molar-refractivity contribution in [2.45, 2.75) is 6.54 Å². The third-order valence-electron chi connectivity index (χ3n) is 3.30. The first-order chi connectivity index (χ1) is 11.6. The maximum absolute atomic E-state index is 12.2. The highest BCUT2D eigenvalue weighted by Crippen LogP contribution is 2.23. The van der Waals surface area contributed by atoms with Gasteiger partial charge in [-0.2, -0.15) is 0 Å². The lowest BCUT2D eigenvalue weighted by molar-refractivity contribution is 0.103. The number of rotatable bonds is 5. The third-order valence-corrected chi connectivity index (χ3v) is 4.93. The summed E-state index contributed by atoms with van der Waals surface area (Å²) in [5.74, 6) is 0.345. The van der Waals surface area contributed by atoms with Crippen LogP contribution in [0, 0.1) is 0 Å². The van der Waals surface area contributed by atoms with Gasteiger partial charge < -0.3 is 16.4 Å². The van der Waals surface area contributed by atoms with Crippen LogP contribution in [0.5, 0.6) is 0 Å². The predicted molar refractivity (Wildman–Crippen MR) is 102 cm³/mol. The highest BCUT2D eigenvalue weighted by Gasteiger charge is 2.09. The van der Waals surface area contributed by atoms with Crippen molar-refractivity contribution >= 4 is 50.4 Å². The van der Waals surface area contributed by atoms with Crippen LogP contribution in [-0.2, 0) is 6.54 Å². The second-order valence-electron chi connectivity index (χ2n) is 5.05. The standard InChI is InChI=1S/C17H15BrN4OS/c18-15-7-6-14(24-15)17(23)22-12-4-1-3-11(9-12)10-21-13-5-2-8-20-16(13)19/h1-9,21H,10H2,(H2,19,20)(H,22,23). The van der Waals surface area contributed by atoms with Gasteiger partial charge in [0.05, 0.1) is 14.4 Å². The van der Waals surface area contributed by atoms with E-state index >= 15 is 0 Å². The number of aromatic nitrogens is 1. The molecular formula is C17H15BrN4OS. The number of nitrogens with zero attached hydrogens (tertiary/aromatic N) is 1.